The predicted octanol–water partition coefficient (Wildman–Crippen LogP) is 1.93. The molecule has 0 saturated carbocycles. The lowest BCUT2D eigenvalue weighted by Gasteiger charge is -2.35. The fraction of sp³-hybridized carbons (Fsp3) is 0.381. The summed E-state index contributed by atoms with van der Waals surface area (Å²) < 4.78 is 0. The molecule has 2 heterocycles. The number of benzene rings is 1. The van der Waals surface area contributed by atoms with Crippen molar-refractivity contribution in [2.24, 2.45) is 5.92 Å². The minimum Gasteiger partial charge on any atom is -0.481 e. The number of aliphatic carboxylic acids is 1. The Balaban J connectivity index is 1.46. The van der Waals surface area contributed by atoms with E-state index in [9.17, 15) is 14.7 Å². The number of pyridine rings is 1. The summed E-state index contributed by atoms with van der Waals surface area (Å²) in [6, 6.07) is 13.1. The maximum absolute atomic E-state index is 12.2. The molecule has 0 radical (unpaired) electrons. The van der Waals surface area contributed by atoms with Crippen LogP contribution in [0.25, 0.3) is 0 Å². The van der Waals surface area contributed by atoms with Crippen molar-refractivity contribution in [3.8, 4) is 0 Å². The van der Waals surface area contributed by atoms with Crippen molar-refractivity contribution in [1.82, 2.24) is 14.8 Å². The van der Waals surface area contributed by atoms with Crippen molar-refractivity contribution in [2.45, 2.75) is 13.0 Å². The molecular weight excluding hydrogens is 356 g/mol. The first-order valence-corrected chi connectivity index (χ1v) is 9.51. The zero-order chi connectivity index (χ0) is 19.8. The van der Waals surface area contributed by atoms with Gasteiger partial charge in [-0.2, -0.15) is 0 Å². The molecule has 28 heavy (non-hydrogen) atoms. The second kappa shape index (κ2) is 9.96. The first-order valence-electron chi connectivity index (χ1n) is 9.51. The van der Waals surface area contributed by atoms with Crippen LogP contribution in [0.1, 0.15) is 12.0 Å². The van der Waals surface area contributed by atoms with E-state index in [1.165, 1.54) is 5.56 Å². The lowest BCUT2D eigenvalue weighted by molar-refractivity contribution is -0.144. The highest BCUT2D eigenvalue weighted by Crippen LogP contribution is 2.14. The molecule has 1 fully saturated rings. The maximum atomic E-state index is 12.2. The Labute approximate surface area is 165 Å². The van der Waals surface area contributed by atoms with E-state index < -0.39 is 11.9 Å². The summed E-state index contributed by atoms with van der Waals surface area (Å²) in [5.41, 5.74) is 1.86. The first kappa shape index (κ1) is 20.0. The van der Waals surface area contributed by atoms with Crippen LogP contribution < -0.4 is 5.32 Å². The van der Waals surface area contributed by atoms with E-state index in [-0.39, 0.29) is 12.3 Å². The third-order valence-electron chi connectivity index (χ3n) is 4.91. The molecule has 0 bridgehead atoms. The Morgan fingerprint density at radius 2 is 1.75 bits per heavy atom. The van der Waals surface area contributed by atoms with Crippen LogP contribution in [-0.2, 0) is 16.1 Å². The Hall–Kier alpha value is -2.77. The van der Waals surface area contributed by atoms with E-state index in [0.717, 1.165) is 32.7 Å². The van der Waals surface area contributed by atoms with Gasteiger partial charge in [-0.05, 0) is 23.8 Å². The Morgan fingerprint density at radius 3 is 2.39 bits per heavy atom. The number of amides is 1. The molecule has 1 amide bonds. The third kappa shape index (κ3) is 6.14. The van der Waals surface area contributed by atoms with Gasteiger partial charge in [-0.25, -0.2) is 0 Å². The zero-order valence-corrected chi connectivity index (χ0v) is 15.8. The lowest BCUT2D eigenvalue weighted by atomic mass is 10.0. The monoisotopic (exact) mass is 382 g/mol. The number of hydrogen-bond acceptors (Lipinski definition) is 5. The van der Waals surface area contributed by atoms with Gasteiger partial charge in [0.15, 0.2) is 0 Å². The molecule has 7 heteroatoms. The fourth-order valence-corrected chi connectivity index (χ4v) is 3.38. The molecular formula is C21H26N4O3. The van der Waals surface area contributed by atoms with Gasteiger partial charge < -0.3 is 10.4 Å². The molecule has 2 N–H and O–H groups in total. The van der Waals surface area contributed by atoms with Gasteiger partial charge in [0.2, 0.25) is 5.91 Å². The van der Waals surface area contributed by atoms with E-state index in [4.69, 9.17) is 0 Å². The second-order valence-corrected chi connectivity index (χ2v) is 7.09. The summed E-state index contributed by atoms with van der Waals surface area (Å²) in [5.74, 6) is -1.91. The van der Waals surface area contributed by atoms with Gasteiger partial charge in [0.05, 0.1) is 5.92 Å². The summed E-state index contributed by atoms with van der Waals surface area (Å²) >= 11 is 0. The van der Waals surface area contributed by atoms with E-state index in [1.54, 1.807) is 18.3 Å². The first-order chi connectivity index (χ1) is 13.6. The number of piperazine rings is 1. The van der Waals surface area contributed by atoms with Gasteiger partial charge >= 0.3 is 5.97 Å². The molecule has 1 aliphatic heterocycles. The standard InChI is InChI=1S/C21H26N4O3/c26-20(23-19-6-2-1-3-7-19)13-18(21(27)28)16-25-11-9-24(10-12-25)15-17-5-4-8-22-14-17/h1-8,14,18H,9-13,15-16H2,(H,23,26)(H,27,28). The van der Waals surface area contributed by atoms with E-state index in [0.29, 0.717) is 12.2 Å². The molecule has 0 aliphatic carbocycles. The highest BCUT2D eigenvalue weighted by atomic mass is 16.4. The van der Waals surface area contributed by atoms with Crippen molar-refractivity contribution in [3.05, 3.63) is 60.4 Å². The molecule has 1 unspecified atom stereocenters. The number of para-hydroxylation sites is 1. The average molecular weight is 382 g/mol. The van der Waals surface area contributed by atoms with Crippen LogP contribution in [0.5, 0.6) is 0 Å². The molecule has 3 rings (SSSR count). The average Bonchev–Trinajstić information content (AvgIpc) is 2.70. The summed E-state index contributed by atoms with van der Waals surface area (Å²) in [6.45, 7) is 4.57. The Morgan fingerprint density at radius 1 is 1.04 bits per heavy atom. The van der Waals surface area contributed by atoms with E-state index in [2.05, 4.69) is 26.2 Å². The van der Waals surface area contributed by atoms with Crippen LogP contribution >= 0.6 is 0 Å². The topological polar surface area (TPSA) is 85.8 Å². The molecule has 1 aromatic carbocycles. The van der Waals surface area contributed by atoms with Crippen LogP contribution in [0.15, 0.2) is 54.9 Å². The number of carbonyl (C=O) groups is 2. The van der Waals surface area contributed by atoms with Crippen LogP contribution in [0.2, 0.25) is 0 Å². The summed E-state index contributed by atoms with van der Waals surface area (Å²) in [6.07, 6.45) is 3.61. The molecule has 148 valence electrons. The van der Waals surface area contributed by atoms with E-state index >= 15 is 0 Å². The van der Waals surface area contributed by atoms with Crippen LogP contribution in [-0.4, -0.2) is 64.5 Å². The minimum absolute atomic E-state index is 0.0277. The van der Waals surface area contributed by atoms with Gasteiger partial charge in [-0.15, -0.1) is 0 Å². The van der Waals surface area contributed by atoms with Crippen molar-refractivity contribution >= 4 is 17.6 Å². The van der Waals surface area contributed by atoms with Gasteiger partial charge in [0.25, 0.3) is 0 Å². The number of anilines is 1. The summed E-state index contributed by atoms with van der Waals surface area (Å²) in [7, 11) is 0. The number of carboxylic acids is 1. The van der Waals surface area contributed by atoms with Crippen LogP contribution in [0, 0.1) is 5.92 Å². The van der Waals surface area contributed by atoms with Gasteiger partial charge in [-0.3, -0.25) is 24.4 Å². The molecule has 1 aromatic heterocycles. The summed E-state index contributed by atoms with van der Waals surface area (Å²) in [5, 5.41) is 12.3. The van der Waals surface area contributed by atoms with Crippen molar-refractivity contribution in [3.63, 3.8) is 0 Å². The van der Waals surface area contributed by atoms with E-state index in [1.807, 2.05) is 30.5 Å². The highest BCUT2D eigenvalue weighted by molar-refractivity contribution is 5.93. The number of nitrogens with zero attached hydrogens (tertiary/aromatic N) is 3. The number of aromatic nitrogens is 1. The van der Waals surface area contributed by atoms with Gasteiger partial charge in [0.1, 0.15) is 0 Å². The van der Waals surface area contributed by atoms with Crippen molar-refractivity contribution < 1.29 is 14.7 Å². The normalized spacial score (nSPS) is 16.4. The fourth-order valence-electron chi connectivity index (χ4n) is 3.38. The molecule has 2 aromatic rings. The Kier molecular flexibility index (Phi) is 7.11. The maximum Gasteiger partial charge on any atom is 0.308 e. The minimum atomic E-state index is -0.930. The summed E-state index contributed by atoms with van der Waals surface area (Å²) in [4.78, 5) is 32.5. The molecule has 1 aliphatic rings. The zero-order valence-electron chi connectivity index (χ0n) is 15.8. The number of rotatable bonds is 8. The number of hydrogen-bond donors (Lipinski definition) is 2. The quantitative estimate of drug-likeness (QED) is 0.726. The van der Waals surface area contributed by atoms with Crippen molar-refractivity contribution in [2.75, 3.05) is 38.0 Å². The van der Waals surface area contributed by atoms with Gasteiger partial charge in [-0.1, -0.05) is 24.3 Å². The predicted molar refractivity (Wildman–Crippen MR) is 107 cm³/mol. The van der Waals surface area contributed by atoms with Crippen LogP contribution in [0.4, 0.5) is 5.69 Å². The SMILES string of the molecule is O=C(CC(CN1CCN(Cc2cccnc2)CC1)C(=O)O)Nc1ccccc1. The highest BCUT2D eigenvalue weighted by Gasteiger charge is 2.26. The second-order valence-electron chi connectivity index (χ2n) is 7.09. The lowest BCUT2D eigenvalue weighted by Crippen LogP contribution is -2.48. The number of nitrogens with one attached hydrogen (secondary N) is 1. The molecule has 1 atom stereocenters. The molecule has 1 saturated heterocycles. The van der Waals surface area contributed by atoms with Gasteiger partial charge in [0, 0.05) is 63.8 Å². The largest absolute Gasteiger partial charge is 0.481 e. The number of carboxylic acid groups (broad SMARTS) is 1. The number of carbonyl (C=O) groups excluding carboxylic acids is 1. The van der Waals surface area contributed by atoms with Crippen molar-refractivity contribution in [1.29, 1.82) is 0 Å². The Bertz CT molecular complexity index is 762. The smallest absolute Gasteiger partial charge is 0.308 e. The molecule has 7 nitrogen and oxygen atoms in total. The van der Waals surface area contributed by atoms with Crippen LogP contribution in [0.3, 0.4) is 0 Å². The third-order valence-corrected chi connectivity index (χ3v) is 4.91. The molecule has 0 spiro atoms.